The minimum atomic E-state index is -0.0153. The number of thiophene rings is 1. The molecule has 2 aromatic rings. The molecule has 0 unspecified atom stereocenters. The van der Waals surface area contributed by atoms with Gasteiger partial charge in [-0.15, -0.1) is 16.4 Å². The largest absolute Gasteiger partial charge is 0.339 e. The first kappa shape index (κ1) is 14.2. The third-order valence-corrected chi connectivity index (χ3v) is 3.50. The molecule has 0 bridgehead atoms. The molecule has 0 fully saturated rings. The fourth-order valence-corrected chi connectivity index (χ4v) is 2.45. The highest BCUT2D eigenvalue weighted by molar-refractivity contribution is 7.10. The average molecular weight is 289 g/mol. The summed E-state index contributed by atoms with van der Waals surface area (Å²) in [5.74, 6) is 5.77. The molecule has 1 amide bonds. The number of nitrogens with zero attached hydrogens (tertiary/aromatic N) is 4. The van der Waals surface area contributed by atoms with E-state index >= 15 is 0 Å². The summed E-state index contributed by atoms with van der Waals surface area (Å²) >= 11 is 1.58. The zero-order chi connectivity index (χ0) is 14.4. The van der Waals surface area contributed by atoms with Gasteiger partial charge < -0.3 is 10.6 Å². The van der Waals surface area contributed by atoms with Gasteiger partial charge in [0.15, 0.2) is 0 Å². The Hall–Kier alpha value is -2.17. The standard InChI is InChI=1S/C13H15N5OS/c1-17(13(19)9-18-6-5-15-16-18)8-12-7-11(10-20-12)3-2-4-14/h5-7,10H,4,8-9,14H2,1H3. The molecular formula is C13H15N5OS. The second-order valence-electron chi connectivity index (χ2n) is 4.16. The summed E-state index contributed by atoms with van der Waals surface area (Å²) in [4.78, 5) is 14.7. The molecule has 0 saturated heterocycles. The Kier molecular flexibility index (Phi) is 4.87. The van der Waals surface area contributed by atoms with E-state index in [0.29, 0.717) is 13.1 Å². The van der Waals surface area contributed by atoms with E-state index in [1.54, 1.807) is 35.7 Å². The monoisotopic (exact) mass is 289 g/mol. The van der Waals surface area contributed by atoms with Crippen LogP contribution in [0.1, 0.15) is 10.4 Å². The fraction of sp³-hybridized carbons (Fsp3) is 0.308. The number of likely N-dealkylation sites (N-methyl/N-ethyl adjacent to an activating group) is 1. The molecule has 0 aliphatic carbocycles. The lowest BCUT2D eigenvalue weighted by Gasteiger charge is -2.15. The Morgan fingerprint density at radius 3 is 3.15 bits per heavy atom. The Morgan fingerprint density at radius 2 is 2.45 bits per heavy atom. The van der Waals surface area contributed by atoms with E-state index < -0.39 is 0 Å². The lowest BCUT2D eigenvalue weighted by Crippen LogP contribution is -2.29. The highest BCUT2D eigenvalue weighted by atomic mass is 32.1. The first-order chi connectivity index (χ1) is 9.69. The maximum atomic E-state index is 12.0. The number of aromatic nitrogens is 3. The number of nitrogens with two attached hydrogens (primary N) is 1. The Labute approximate surface area is 121 Å². The van der Waals surface area contributed by atoms with E-state index in [1.165, 1.54) is 4.68 Å². The van der Waals surface area contributed by atoms with Gasteiger partial charge in [0, 0.05) is 29.1 Å². The molecule has 2 rings (SSSR count). The summed E-state index contributed by atoms with van der Waals surface area (Å²) in [7, 11) is 1.77. The van der Waals surface area contributed by atoms with Gasteiger partial charge in [-0.3, -0.25) is 4.79 Å². The predicted molar refractivity (Wildman–Crippen MR) is 76.7 cm³/mol. The maximum Gasteiger partial charge on any atom is 0.244 e. The van der Waals surface area contributed by atoms with Crippen molar-refractivity contribution < 1.29 is 4.79 Å². The number of amides is 1. The molecule has 2 aromatic heterocycles. The summed E-state index contributed by atoms with van der Waals surface area (Å²) in [5, 5.41) is 9.41. The summed E-state index contributed by atoms with van der Waals surface area (Å²) in [5.41, 5.74) is 6.27. The first-order valence-electron chi connectivity index (χ1n) is 6.03. The number of hydrogen-bond donors (Lipinski definition) is 1. The maximum absolute atomic E-state index is 12.0. The second-order valence-corrected chi connectivity index (χ2v) is 5.15. The summed E-state index contributed by atoms with van der Waals surface area (Å²) < 4.78 is 1.51. The van der Waals surface area contributed by atoms with Gasteiger partial charge in [0.05, 0.1) is 19.3 Å². The van der Waals surface area contributed by atoms with E-state index in [-0.39, 0.29) is 12.5 Å². The third-order valence-electron chi connectivity index (χ3n) is 2.58. The minimum Gasteiger partial charge on any atom is -0.339 e. The molecule has 0 atom stereocenters. The molecule has 104 valence electrons. The van der Waals surface area contributed by atoms with Crippen LogP contribution in [0.2, 0.25) is 0 Å². The van der Waals surface area contributed by atoms with E-state index in [4.69, 9.17) is 5.73 Å². The molecular weight excluding hydrogens is 274 g/mol. The van der Waals surface area contributed by atoms with Crippen LogP contribution in [0.25, 0.3) is 0 Å². The van der Waals surface area contributed by atoms with Gasteiger partial charge in [0.1, 0.15) is 6.54 Å². The lowest BCUT2D eigenvalue weighted by molar-refractivity contribution is -0.131. The number of carbonyl (C=O) groups is 1. The van der Waals surface area contributed by atoms with Gasteiger partial charge in [-0.25, -0.2) is 4.68 Å². The van der Waals surface area contributed by atoms with Crippen molar-refractivity contribution in [3.63, 3.8) is 0 Å². The molecule has 2 N–H and O–H groups in total. The van der Waals surface area contributed by atoms with Gasteiger partial charge in [-0.05, 0) is 6.07 Å². The number of carbonyl (C=O) groups excluding carboxylic acids is 1. The zero-order valence-corrected chi connectivity index (χ0v) is 11.9. The van der Waals surface area contributed by atoms with Crippen LogP contribution in [-0.2, 0) is 17.9 Å². The molecule has 0 saturated carbocycles. The summed E-state index contributed by atoms with van der Waals surface area (Å²) in [6.45, 7) is 1.10. The summed E-state index contributed by atoms with van der Waals surface area (Å²) in [6, 6.07) is 1.98. The fourth-order valence-electron chi connectivity index (χ4n) is 1.58. The average Bonchev–Trinajstić information content (AvgIpc) is 3.08. The van der Waals surface area contributed by atoms with Gasteiger partial charge >= 0.3 is 0 Å². The molecule has 20 heavy (non-hydrogen) atoms. The molecule has 0 aliphatic heterocycles. The molecule has 0 spiro atoms. The third kappa shape index (κ3) is 3.91. The van der Waals surface area contributed by atoms with Gasteiger partial charge in [-0.2, -0.15) is 0 Å². The van der Waals surface area contributed by atoms with E-state index in [2.05, 4.69) is 22.2 Å². The van der Waals surface area contributed by atoms with E-state index in [0.717, 1.165) is 10.4 Å². The quantitative estimate of drug-likeness (QED) is 0.822. The topological polar surface area (TPSA) is 77.0 Å². The molecule has 6 nitrogen and oxygen atoms in total. The highest BCUT2D eigenvalue weighted by Crippen LogP contribution is 2.15. The van der Waals surface area contributed by atoms with Crippen LogP contribution >= 0.6 is 11.3 Å². The second kappa shape index (κ2) is 6.84. The first-order valence-corrected chi connectivity index (χ1v) is 6.91. The summed E-state index contributed by atoms with van der Waals surface area (Å²) in [6.07, 6.45) is 3.21. The highest BCUT2D eigenvalue weighted by Gasteiger charge is 2.11. The van der Waals surface area contributed by atoms with Crippen molar-refractivity contribution in [3.05, 3.63) is 34.3 Å². The normalized spacial score (nSPS) is 9.90. The SMILES string of the molecule is CN(Cc1cc(C#CCN)cs1)C(=O)Cn1ccnn1. The molecule has 0 aliphatic rings. The molecule has 0 aromatic carbocycles. The molecule has 7 heteroatoms. The van der Waals surface area contributed by atoms with Crippen molar-refractivity contribution >= 4 is 17.2 Å². The predicted octanol–water partition coefficient (Wildman–Crippen LogP) is 0.308. The van der Waals surface area contributed by atoms with Crippen molar-refractivity contribution in [3.8, 4) is 11.8 Å². The van der Waals surface area contributed by atoms with E-state index in [9.17, 15) is 4.79 Å². The van der Waals surface area contributed by atoms with Crippen LogP contribution in [0.3, 0.4) is 0 Å². The zero-order valence-electron chi connectivity index (χ0n) is 11.1. The molecule has 0 radical (unpaired) electrons. The van der Waals surface area contributed by atoms with Crippen LogP contribution in [0.4, 0.5) is 0 Å². The van der Waals surface area contributed by atoms with Crippen LogP contribution < -0.4 is 5.73 Å². The Bertz CT molecular complexity index is 623. The van der Waals surface area contributed by atoms with Crippen LogP contribution in [-0.4, -0.2) is 39.4 Å². The van der Waals surface area contributed by atoms with Crippen LogP contribution in [0, 0.1) is 11.8 Å². The Balaban J connectivity index is 1.92. The van der Waals surface area contributed by atoms with Crippen molar-refractivity contribution in [2.75, 3.05) is 13.6 Å². The van der Waals surface area contributed by atoms with Crippen molar-refractivity contribution in [2.24, 2.45) is 5.73 Å². The lowest BCUT2D eigenvalue weighted by atomic mass is 10.3. The van der Waals surface area contributed by atoms with Gasteiger partial charge in [0.2, 0.25) is 5.91 Å². The van der Waals surface area contributed by atoms with Crippen molar-refractivity contribution in [1.29, 1.82) is 0 Å². The Morgan fingerprint density at radius 1 is 1.60 bits per heavy atom. The van der Waals surface area contributed by atoms with Crippen LogP contribution in [0.5, 0.6) is 0 Å². The van der Waals surface area contributed by atoms with Crippen molar-refractivity contribution in [2.45, 2.75) is 13.1 Å². The van der Waals surface area contributed by atoms with Crippen molar-refractivity contribution in [1.82, 2.24) is 19.9 Å². The number of rotatable bonds is 4. The minimum absolute atomic E-state index is 0.0153. The number of hydrogen-bond acceptors (Lipinski definition) is 5. The van der Waals surface area contributed by atoms with E-state index in [1.807, 2.05) is 11.4 Å². The smallest absolute Gasteiger partial charge is 0.244 e. The molecule has 2 heterocycles. The van der Waals surface area contributed by atoms with Crippen LogP contribution in [0.15, 0.2) is 23.8 Å². The van der Waals surface area contributed by atoms with Gasteiger partial charge in [-0.1, -0.05) is 17.1 Å². The van der Waals surface area contributed by atoms with Gasteiger partial charge in [0.25, 0.3) is 0 Å².